The molecule has 0 amide bonds. The minimum Gasteiger partial charge on any atom is -0.456 e. The summed E-state index contributed by atoms with van der Waals surface area (Å²) >= 11 is 3.81. The molecule has 7 heterocycles. The molecule has 0 N–H and O–H groups in total. The van der Waals surface area contributed by atoms with Gasteiger partial charge in [-0.15, -0.1) is 22.7 Å². The molecule has 578 valence electrons. The van der Waals surface area contributed by atoms with Crippen LogP contribution in [0.1, 0.15) is 132 Å². The quantitative estimate of drug-likeness (QED) is 0.177. The van der Waals surface area contributed by atoms with Crippen molar-refractivity contribution in [2.45, 2.75) is 131 Å². The molecule has 15 aromatic carbocycles. The molecule has 0 bridgehead atoms. The van der Waals surface area contributed by atoms with Gasteiger partial charge in [0, 0.05) is 99.8 Å². The summed E-state index contributed by atoms with van der Waals surface area (Å²) in [6.45, 7) is 34.0. The zero-order valence-electron chi connectivity index (χ0n) is 69.7. The number of hydrogen-bond donors (Lipinski definition) is 0. The second-order valence-electron chi connectivity index (χ2n) is 36.4. The van der Waals surface area contributed by atoms with Crippen molar-refractivity contribution in [3.63, 3.8) is 0 Å². The average molecular weight is 1560 g/mol. The third kappa shape index (κ3) is 13.8. The lowest BCUT2D eigenvalue weighted by Gasteiger charge is -2.23. The Bertz CT molecular complexity index is 7050. The number of fused-ring (bicyclic) bond motifs is 21. The molecule has 7 heteroatoms. The first-order chi connectivity index (χ1) is 56.3. The Morgan fingerprint density at radius 1 is 0.214 bits per heavy atom. The average Bonchev–Trinajstić information content (AvgIpc) is 1.56. The van der Waals surface area contributed by atoms with Gasteiger partial charge in [0.1, 0.15) is 22.3 Å². The number of aromatic nitrogens is 3. The molecule has 0 radical (unpaired) electrons. The highest BCUT2D eigenvalue weighted by Gasteiger charge is 2.28. The summed E-state index contributed by atoms with van der Waals surface area (Å²) in [6, 6.07) is 118. The molecule has 22 aromatic rings. The SMILES string of the molecule is CC(C)(C)c1cccc2c1oc1ccccc12.CC(C)(C)c1cccc2c1sc1ccccc12.CC(C)(C)c1cccc2c3ccccc3n(-c3cc(-n4c5ccccc5c5ccccc54)cc(-n4c5ccccc5c5ccccc54)c3)c12.CC(C)(C)c1cccc2oc3ccccc3c12.CC(C)(C)c1cccc2sc3ccccc3c12. The largest absolute Gasteiger partial charge is 0.456 e. The van der Waals surface area contributed by atoms with Crippen LogP contribution in [0.25, 0.3) is 167 Å². The first kappa shape index (κ1) is 76.1. The van der Waals surface area contributed by atoms with Crippen LogP contribution in [0.4, 0.5) is 0 Å². The van der Waals surface area contributed by atoms with Crippen LogP contribution in [0.5, 0.6) is 0 Å². The second kappa shape index (κ2) is 29.5. The van der Waals surface area contributed by atoms with Gasteiger partial charge in [-0.2, -0.15) is 0 Å². The summed E-state index contributed by atoms with van der Waals surface area (Å²) in [7, 11) is 0. The summed E-state index contributed by atoms with van der Waals surface area (Å²) in [5.74, 6) is 0. The van der Waals surface area contributed by atoms with Gasteiger partial charge in [0.2, 0.25) is 0 Å². The van der Waals surface area contributed by atoms with Gasteiger partial charge in [0.15, 0.2) is 0 Å². The Morgan fingerprint density at radius 3 is 1.05 bits per heavy atom. The van der Waals surface area contributed by atoms with Crippen LogP contribution in [-0.4, -0.2) is 13.7 Å². The van der Waals surface area contributed by atoms with Gasteiger partial charge in [-0.3, -0.25) is 0 Å². The Labute approximate surface area is 693 Å². The normalized spacial score (nSPS) is 12.4. The van der Waals surface area contributed by atoms with E-state index in [9.17, 15) is 0 Å². The summed E-state index contributed by atoms with van der Waals surface area (Å²) in [6.07, 6.45) is 0. The third-order valence-corrected chi connectivity index (χ3v) is 25.5. The van der Waals surface area contributed by atoms with E-state index in [0.29, 0.717) is 0 Å². The van der Waals surface area contributed by atoms with Crippen molar-refractivity contribution in [2.75, 3.05) is 0 Å². The smallest absolute Gasteiger partial charge is 0.139 e. The number of benzene rings is 15. The summed E-state index contributed by atoms with van der Waals surface area (Å²) in [4.78, 5) is 0. The summed E-state index contributed by atoms with van der Waals surface area (Å²) < 4.78 is 24.9. The molecule has 0 spiro atoms. The molecule has 117 heavy (non-hydrogen) atoms. The third-order valence-electron chi connectivity index (χ3n) is 23.2. The van der Waals surface area contributed by atoms with Gasteiger partial charge in [0.25, 0.3) is 0 Å². The van der Waals surface area contributed by atoms with Gasteiger partial charge in [-0.05, 0) is 134 Å². The first-order valence-corrected chi connectivity index (χ1v) is 42.7. The topological polar surface area (TPSA) is 41.1 Å². The van der Waals surface area contributed by atoms with E-state index in [-0.39, 0.29) is 27.1 Å². The van der Waals surface area contributed by atoms with Crippen LogP contribution in [0, 0.1) is 0 Å². The molecule has 0 atom stereocenters. The Morgan fingerprint density at radius 2 is 0.538 bits per heavy atom. The summed E-state index contributed by atoms with van der Waals surface area (Å²) in [5.41, 5.74) is 22.1. The fourth-order valence-electron chi connectivity index (χ4n) is 17.7. The van der Waals surface area contributed by atoms with E-state index in [1.807, 2.05) is 53.0 Å². The Kier molecular flexibility index (Phi) is 19.2. The standard InChI is InChI=1S/C46H35N3.2C16H16O.2C16H16S/c1-46(2,3)39-21-14-20-38-37-19-8-13-26-44(37)49(45(38)39)32-28-30(47-40-22-9-4-15-33(40)34-16-5-10-23-41(34)47)27-31(29-32)48-42-24-11-6-17-35(42)36-18-7-12-25-43(36)48;1-16(2,3)13-9-6-8-12-11-7-4-5-10-14(11)17-15(12)13;1-16(2,3)12-8-6-10-14-15(12)11-7-4-5-9-13(11)17-14;1-16(2,3)13-9-6-8-12-11-7-4-5-10-14(11)17-15(12)13;1-16(2,3)12-8-6-10-14-15(12)11-7-4-5-9-13(11)17-14/h4-29H,1-3H3;4*4-10H,1-3H3. The number of para-hydroxylation sites is 9. The lowest BCUT2D eigenvalue weighted by Crippen LogP contribution is -2.13. The predicted molar refractivity (Wildman–Crippen MR) is 509 cm³/mol. The van der Waals surface area contributed by atoms with Crippen LogP contribution in [0.2, 0.25) is 0 Å². The van der Waals surface area contributed by atoms with Gasteiger partial charge in [0.05, 0.1) is 50.2 Å². The maximum atomic E-state index is 6.01. The van der Waals surface area contributed by atoms with E-state index in [1.165, 1.54) is 155 Å². The highest BCUT2D eigenvalue weighted by Crippen LogP contribution is 2.46. The van der Waals surface area contributed by atoms with Gasteiger partial charge in [-0.1, -0.05) is 347 Å². The van der Waals surface area contributed by atoms with Gasteiger partial charge in [-0.25, -0.2) is 0 Å². The van der Waals surface area contributed by atoms with E-state index in [1.54, 1.807) is 0 Å². The Hall–Kier alpha value is -12.3. The van der Waals surface area contributed by atoms with Crippen LogP contribution in [0.3, 0.4) is 0 Å². The predicted octanol–water partition coefficient (Wildman–Crippen LogP) is 32.7. The molecular weight excluding hydrogens is 1460 g/mol. The zero-order valence-corrected chi connectivity index (χ0v) is 71.3. The molecule has 0 saturated heterocycles. The van der Waals surface area contributed by atoms with Crippen LogP contribution >= 0.6 is 22.7 Å². The number of hydrogen-bond acceptors (Lipinski definition) is 4. The highest BCUT2D eigenvalue weighted by atomic mass is 32.1. The van der Waals surface area contributed by atoms with Crippen molar-refractivity contribution in [3.05, 3.63) is 355 Å². The van der Waals surface area contributed by atoms with E-state index in [4.69, 9.17) is 8.83 Å². The molecule has 0 unspecified atom stereocenters. The molecule has 0 saturated carbocycles. The molecular formula is C110H99N3O2S2. The molecule has 0 fully saturated rings. The van der Waals surface area contributed by atoms with Crippen LogP contribution < -0.4 is 0 Å². The van der Waals surface area contributed by atoms with E-state index in [0.717, 1.165) is 39.4 Å². The first-order valence-electron chi connectivity index (χ1n) is 41.0. The number of rotatable bonds is 3. The molecule has 0 aliphatic heterocycles. The van der Waals surface area contributed by atoms with Crippen molar-refractivity contribution in [2.24, 2.45) is 0 Å². The molecule has 0 aliphatic rings. The van der Waals surface area contributed by atoms with Crippen molar-refractivity contribution in [1.29, 1.82) is 0 Å². The monoisotopic (exact) mass is 1560 g/mol. The summed E-state index contributed by atoms with van der Waals surface area (Å²) in [5, 5.41) is 18.1. The van der Waals surface area contributed by atoms with E-state index < -0.39 is 0 Å². The van der Waals surface area contributed by atoms with Crippen molar-refractivity contribution < 1.29 is 8.83 Å². The lowest BCUT2D eigenvalue weighted by molar-refractivity contribution is 0.573. The van der Waals surface area contributed by atoms with Crippen molar-refractivity contribution >= 4 is 172 Å². The second-order valence-corrected chi connectivity index (χ2v) is 38.5. The van der Waals surface area contributed by atoms with Gasteiger partial charge < -0.3 is 22.5 Å². The maximum Gasteiger partial charge on any atom is 0.139 e. The number of thiophene rings is 2. The minimum atomic E-state index is -0.0499. The van der Waals surface area contributed by atoms with Crippen LogP contribution in [0.15, 0.2) is 336 Å². The number of nitrogens with zero attached hydrogens (tertiary/aromatic N) is 3. The fourth-order valence-corrected chi connectivity index (χ4v) is 20.3. The van der Waals surface area contributed by atoms with Crippen molar-refractivity contribution in [3.8, 4) is 17.1 Å². The van der Waals surface area contributed by atoms with Crippen molar-refractivity contribution in [1.82, 2.24) is 13.7 Å². The zero-order chi connectivity index (χ0) is 81.0. The number of furan rings is 2. The molecule has 22 rings (SSSR count). The van der Waals surface area contributed by atoms with Crippen LogP contribution in [-0.2, 0) is 27.1 Å². The van der Waals surface area contributed by atoms with E-state index in [2.05, 4.69) is 415 Å². The molecule has 0 aliphatic carbocycles. The van der Waals surface area contributed by atoms with E-state index >= 15 is 0 Å². The maximum absolute atomic E-state index is 6.01. The Balaban J connectivity index is 0.000000114. The minimum absolute atomic E-state index is 0.0499. The van der Waals surface area contributed by atoms with Gasteiger partial charge >= 0.3 is 0 Å². The molecule has 7 aromatic heterocycles. The lowest BCUT2D eigenvalue weighted by atomic mass is 9.84. The fraction of sp³-hybridized carbons (Fsp3) is 0.182. The molecule has 5 nitrogen and oxygen atoms in total. The highest BCUT2D eigenvalue weighted by molar-refractivity contribution is 7.26.